The topological polar surface area (TPSA) is 118 Å². The third-order valence-electron chi connectivity index (χ3n) is 4.93. The molecule has 0 bridgehead atoms. The zero-order valence-corrected chi connectivity index (χ0v) is 14.0. The maximum absolute atomic E-state index is 11.3. The molecule has 1 aromatic carbocycles. The van der Waals surface area contributed by atoms with E-state index >= 15 is 0 Å². The molecular weight excluding hydrogens is 328 g/mol. The maximum atomic E-state index is 11.3. The molecule has 2 saturated heterocycles. The van der Waals surface area contributed by atoms with Crippen molar-refractivity contribution in [1.82, 2.24) is 9.80 Å². The second kappa shape index (κ2) is 7.52. The van der Waals surface area contributed by atoms with E-state index in [4.69, 9.17) is 19.8 Å². The van der Waals surface area contributed by atoms with E-state index in [1.54, 1.807) is 4.90 Å². The van der Waals surface area contributed by atoms with Crippen molar-refractivity contribution in [2.24, 2.45) is 5.92 Å². The van der Waals surface area contributed by atoms with Gasteiger partial charge < -0.3 is 20.2 Å². The summed E-state index contributed by atoms with van der Waals surface area (Å²) in [5.74, 6) is -3.17. The number of benzene rings is 1. The van der Waals surface area contributed by atoms with Crippen LogP contribution in [0.3, 0.4) is 0 Å². The van der Waals surface area contributed by atoms with Gasteiger partial charge in [0.15, 0.2) is 0 Å². The van der Waals surface area contributed by atoms with E-state index in [2.05, 4.69) is 36.1 Å². The molecule has 2 aliphatic heterocycles. The van der Waals surface area contributed by atoms with Crippen molar-refractivity contribution in [3.05, 3.63) is 35.9 Å². The lowest BCUT2D eigenvalue weighted by atomic mass is 9.74. The molecule has 2 heterocycles. The first-order valence-electron chi connectivity index (χ1n) is 7.99. The molecule has 3 rings (SSSR count). The number of aliphatic carboxylic acids is 2. The van der Waals surface area contributed by atoms with Gasteiger partial charge in [-0.3, -0.25) is 4.90 Å². The summed E-state index contributed by atoms with van der Waals surface area (Å²) in [7, 11) is 0. The Morgan fingerprint density at radius 1 is 1.12 bits per heavy atom. The molecule has 0 aliphatic carbocycles. The predicted molar refractivity (Wildman–Crippen MR) is 88.2 cm³/mol. The Labute approximate surface area is 145 Å². The average Bonchev–Trinajstić information content (AvgIpc) is 3.00. The van der Waals surface area contributed by atoms with E-state index in [-0.39, 0.29) is 5.54 Å². The molecule has 1 amide bonds. The number of carboxylic acid groups (broad SMARTS) is 3. The van der Waals surface area contributed by atoms with Gasteiger partial charge in [0, 0.05) is 26.2 Å². The van der Waals surface area contributed by atoms with Gasteiger partial charge in [-0.15, -0.1) is 0 Å². The number of hydrogen-bond donors (Lipinski definition) is 3. The Hall–Kier alpha value is -2.61. The Kier molecular flexibility index (Phi) is 5.63. The third kappa shape index (κ3) is 4.08. The summed E-state index contributed by atoms with van der Waals surface area (Å²) in [6, 6.07) is 10.4. The van der Waals surface area contributed by atoms with Gasteiger partial charge in [0.25, 0.3) is 0 Å². The molecule has 0 radical (unpaired) electrons. The van der Waals surface area contributed by atoms with Gasteiger partial charge in [0.2, 0.25) is 0 Å². The monoisotopic (exact) mass is 350 g/mol. The highest BCUT2D eigenvalue weighted by atomic mass is 16.4. The van der Waals surface area contributed by atoms with Crippen LogP contribution in [0.4, 0.5) is 4.79 Å². The van der Waals surface area contributed by atoms with Crippen molar-refractivity contribution >= 4 is 18.0 Å². The molecule has 0 unspecified atom stereocenters. The van der Waals surface area contributed by atoms with E-state index < -0.39 is 18.0 Å². The van der Waals surface area contributed by atoms with Gasteiger partial charge >= 0.3 is 18.0 Å². The minimum absolute atomic E-state index is 0.124. The second-order valence-corrected chi connectivity index (χ2v) is 6.45. The normalized spacial score (nSPS) is 25.0. The van der Waals surface area contributed by atoms with Gasteiger partial charge in [-0.25, -0.2) is 14.4 Å². The third-order valence-corrected chi connectivity index (χ3v) is 4.93. The number of nitrogens with zero attached hydrogens (tertiary/aromatic N) is 2. The lowest BCUT2D eigenvalue weighted by molar-refractivity contribution is -0.159. The fourth-order valence-corrected chi connectivity index (χ4v) is 3.54. The quantitative estimate of drug-likeness (QED) is 0.690. The Bertz CT molecular complexity index is 638. The largest absolute Gasteiger partial charge is 0.473 e. The Morgan fingerprint density at radius 3 is 2.20 bits per heavy atom. The molecule has 8 heteroatoms. The number of rotatable bonds is 2. The molecule has 0 aromatic heterocycles. The number of carbonyl (C=O) groups is 3. The maximum Gasteiger partial charge on any atom is 0.414 e. The van der Waals surface area contributed by atoms with E-state index in [0.29, 0.717) is 12.5 Å². The molecule has 1 spiro atoms. The van der Waals surface area contributed by atoms with Crippen LogP contribution >= 0.6 is 0 Å². The fraction of sp³-hybridized carbons (Fsp3) is 0.471. The van der Waals surface area contributed by atoms with Crippen molar-refractivity contribution in [2.75, 3.05) is 19.6 Å². The number of carboxylic acids is 2. The zero-order chi connectivity index (χ0) is 18.6. The predicted octanol–water partition coefficient (Wildman–Crippen LogP) is 1.42. The van der Waals surface area contributed by atoms with Crippen LogP contribution in [-0.2, 0) is 16.1 Å². The zero-order valence-electron chi connectivity index (χ0n) is 14.0. The van der Waals surface area contributed by atoms with Crippen molar-refractivity contribution in [3.63, 3.8) is 0 Å². The molecule has 8 nitrogen and oxygen atoms in total. The van der Waals surface area contributed by atoms with Crippen LogP contribution in [0.15, 0.2) is 30.3 Å². The minimum Gasteiger partial charge on any atom is -0.473 e. The fourth-order valence-electron chi connectivity index (χ4n) is 3.54. The summed E-state index contributed by atoms with van der Waals surface area (Å²) in [6.45, 7) is 5.64. The van der Waals surface area contributed by atoms with Gasteiger partial charge in [-0.1, -0.05) is 37.3 Å². The highest BCUT2D eigenvalue weighted by Crippen LogP contribution is 2.43. The van der Waals surface area contributed by atoms with Gasteiger partial charge in [0.1, 0.15) is 0 Å². The van der Waals surface area contributed by atoms with Crippen LogP contribution in [0.5, 0.6) is 0 Å². The molecule has 2 fully saturated rings. The highest BCUT2D eigenvalue weighted by molar-refractivity contribution is 6.27. The van der Waals surface area contributed by atoms with E-state index in [1.165, 1.54) is 5.56 Å². The Morgan fingerprint density at radius 2 is 1.72 bits per heavy atom. The van der Waals surface area contributed by atoms with Crippen LogP contribution in [0.2, 0.25) is 0 Å². The number of hydrogen-bond acceptors (Lipinski definition) is 4. The molecule has 136 valence electrons. The molecular formula is C17H22N2O6. The highest BCUT2D eigenvalue weighted by Gasteiger charge is 2.56. The first-order chi connectivity index (χ1) is 11.8. The summed E-state index contributed by atoms with van der Waals surface area (Å²) in [5.41, 5.74) is 1.18. The standard InChI is InChI=1S/C15H20N2O2.C2H2O4/c1-12-9-17(14(18)19)15(12)7-8-16(11-15)10-13-5-3-2-4-6-13;3-1(4)2(5)6/h2-6,12H,7-11H2,1H3,(H,18,19);(H,3,4)(H,5,6)/t12-,15-;/m0./s1. The molecule has 3 N–H and O–H groups in total. The summed E-state index contributed by atoms with van der Waals surface area (Å²) in [5, 5.41) is 24.0. The van der Waals surface area contributed by atoms with Crippen molar-refractivity contribution in [3.8, 4) is 0 Å². The summed E-state index contributed by atoms with van der Waals surface area (Å²) < 4.78 is 0. The van der Waals surface area contributed by atoms with Crippen molar-refractivity contribution in [2.45, 2.75) is 25.4 Å². The van der Waals surface area contributed by atoms with E-state index in [9.17, 15) is 9.90 Å². The van der Waals surface area contributed by atoms with Crippen LogP contribution in [0.1, 0.15) is 18.9 Å². The summed E-state index contributed by atoms with van der Waals surface area (Å²) in [4.78, 5) is 33.5. The van der Waals surface area contributed by atoms with Crippen LogP contribution < -0.4 is 0 Å². The van der Waals surface area contributed by atoms with Crippen LogP contribution in [-0.4, -0.2) is 68.3 Å². The molecule has 2 aliphatic rings. The van der Waals surface area contributed by atoms with Gasteiger partial charge in [-0.05, 0) is 17.9 Å². The molecule has 1 aromatic rings. The SMILES string of the molecule is C[C@H]1CN(C(=O)O)[C@]12CCN(Cc1ccccc1)C2.O=C(O)C(=O)O. The van der Waals surface area contributed by atoms with Crippen LogP contribution in [0.25, 0.3) is 0 Å². The van der Waals surface area contributed by atoms with Gasteiger partial charge in [-0.2, -0.15) is 0 Å². The first kappa shape index (κ1) is 18.7. The lowest BCUT2D eigenvalue weighted by Gasteiger charge is -2.54. The van der Waals surface area contributed by atoms with Crippen LogP contribution in [0, 0.1) is 5.92 Å². The van der Waals surface area contributed by atoms with Crippen molar-refractivity contribution in [1.29, 1.82) is 0 Å². The van der Waals surface area contributed by atoms with E-state index in [1.807, 2.05) is 6.07 Å². The van der Waals surface area contributed by atoms with Gasteiger partial charge in [0.05, 0.1) is 5.54 Å². The number of amides is 1. The first-order valence-corrected chi connectivity index (χ1v) is 7.99. The summed E-state index contributed by atoms with van der Waals surface area (Å²) in [6.07, 6.45) is 0.201. The van der Waals surface area contributed by atoms with Crippen molar-refractivity contribution < 1.29 is 29.7 Å². The molecule has 0 saturated carbocycles. The smallest absolute Gasteiger partial charge is 0.414 e. The minimum atomic E-state index is -1.82. The Balaban J connectivity index is 0.000000326. The van der Waals surface area contributed by atoms with E-state index in [0.717, 1.165) is 26.1 Å². The molecule has 25 heavy (non-hydrogen) atoms. The second-order valence-electron chi connectivity index (χ2n) is 6.45. The lowest BCUT2D eigenvalue weighted by Crippen LogP contribution is -2.68. The molecule has 2 atom stereocenters. The number of likely N-dealkylation sites (tertiary alicyclic amines) is 2. The summed E-state index contributed by atoms with van der Waals surface area (Å²) >= 11 is 0. The average molecular weight is 350 g/mol.